The summed E-state index contributed by atoms with van der Waals surface area (Å²) in [5.41, 5.74) is -0.399. The molecule has 2 aromatic rings. The number of carbonyl (C=O) groups excluding carboxylic acids is 2. The molecule has 1 N–H and O–H groups in total. The molecule has 160 valence electrons. The molecule has 0 bridgehead atoms. The third kappa shape index (κ3) is 4.94. The van der Waals surface area contributed by atoms with Gasteiger partial charge >= 0.3 is 5.97 Å². The van der Waals surface area contributed by atoms with Crippen LogP contribution in [0, 0.1) is 11.6 Å². The van der Waals surface area contributed by atoms with E-state index in [0.29, 0.717) is 11.4 Å². The second-order valence-electron chi connectivity index (χ2n) is 6.51. The van der Waals surface area contributed by atoms with E-state index in [4.69, 9.17) is 16.3 Å². The standard InChI is InChI=1S/C19H17ClF2N2O5S/c20-12-3-6-14(7-4-12)30(27,28)24-9-1-2-17(24)19(26)29-11-18(25)23-16-10-13(21)5-8-15(16)22/h3-8,10,17H,1-2,9,11H2,(H,23,25). The molecule has 1 aliphatic rings. The second-order valence-corrected chi connectivity index (χ2v) is 8.83. The molecule has 1 fully saturated rings. The van der Waals surface area contributed by atoms with E-state index in [-0.39, 0.29) is 17.9 Å². The monoisotopic (exact) mass is 458 g/mol. The number of carbonyl (C=O) groups is 2. The van der Waals surface area contributed by atoms with Gasteiger partial charge in [-0.05, 0) is 49.2 Å². The van der Waals surface area contributed by atoms with Crippen LogP contribution in [0.1, 0.15) is 12.8 Å². The van der Waals surface area contributed by atoms with E-state index in [1.54, 1.807) is 0 Å². The normalized spacial score (nSPS) is 17.0. The van der Waals surface area contributed by atoms with Gasteiger partial charge in [-0.15, -0.1) is 0 Å². The highest BCUT2D eigenvalue weighted by Gasteiger charge is 2.40. The second kappa shape index (κ2) is 9.07. The van der Waals surface area contributed by atoms with Crippen LogP contribution in [-0.2, 0) is 24.3 Å². The summed E-state index contributed by atoms with van der Waals surface area (Å²) in [6.45, 7) is -0.661. The van der Waals surface area contributed by atoms with E-state index in [0.717, 1.165) is 22.5 Å². The van der Waals surface area contributed by atoms with Crippen molar-refractivity contribution < 1.29 is 31.5 Å². The van der Waals surface area contributed by atoms with Crippen LogP contribution in [-0.4, -0.2) is 43.8 Å². The quantitative estimate of drug-likeness (QED) is 0.672. The smallest absolute Gasteiger partial charge is 0.324 e. The molecule has 2 aromatic carbocycles. The summed E-state index contributed by atoms with van der Waals surface area (Å²) in [6.07, 6.45) is 0.666. The Hall–Kier alpha value is -2.56. The average Bonchev–Trinajstić information content (AvgIpc) is 3.20. The summed E-state index contributed by atoms with van der Waals surface area (Å²) in [5.74, 6) is -3.40. The zero-order chi connectivity index (χ0) is 21.9. The molecular formula is C19H17ClF2N2O5S. The lowest BCUT2D eigenvalue weighted by molar-refractivity contribution is -0.150. The summed E-state index contributed by atoms with van der Waals surface area (Å²) in [4.78, 5) is 24.3. The minimum absolute atomic E-state index is 0.0223. The van der Waals surface area contributed by atoms with Gasteiger partial charge in [-0.2, -0.15) is 4.31 Å². The first-order chi connectivity index (χ1) is 14.2. The molecule has 0 saturated carbocycles. The Labute approximate surface area is 176 Å². The molecule has 7 nitrogen and oxygen atoms in total. The topological polar surface area (TPSA) is 92.8 Å². The van der Waals surface area contributed by atoms with Crippen LogP contribution in [0.15, 0.2) is 47.4 Å². The van der Waals surface area contributed by atoms with Gasteiger partial charge in [0, 0.05) is 17.6 Å². The van der Waals surface area contributed by atoms with Crippen molar-refractivity contribution in [1.82, 2.24) is 4.31 Å². The summed E-state index contributed by atoms with van der Waals surface area (Å²) in [7, 11) is -3.97. The van der Waals surface area contributed by atoms with E-state index >= 15 is 0 Å². The maximum Gasteiger partial charge on any atom is 0.324 e. The Kier molecular flexibility index (Phi) is 6.69. The summed E-state index contributed by atoms with van der Waals surface area (Å²) >= 11 is 5.78. The lowest BCUT2D eigenvalue weighted by Gasteiger charge is -2.22. The lowest BCUT2D eigenvalue weighted by atomic mass is 10.2. The van der Waals surface area contributed by atoms with Crippen molar-refractivity contribution in [3.8, 4) is 0 Å². The molecule has 0 radical (unpaired) electrons. The molecule has 1 amide bonds. The minimum Gasteiger partial charge on any atom is -0.454 e. The first-order valence-corrected chi connectivity index (χ1v) is 10.7. The van der Waals surface area contributed by atoms with Gasteiger partial charge in [0.1, 0.15) is 17.7 Å². The lowest BCUT2D eigenvalue weighted by Crippen LogP contribution is -2.42. The van der Waals surface area contributed by atoms with Crippen molar-refractivity contribution in [2.75, 3.05) is 18.5 Å². The number of amides is 1. The van der Waals surface area contributed by atoms with Crippen molar-refractivity contribution in [1.29, 1.82) is 0 Å². The number of halogens is 3. The predicted molar refractivity (Wildman–Crippen MR) is 104 cm³/mol. The summed E-state index contributed by atoms with van der Waals surface area (Å²) < 4.78 is 58.3. The van der Waals surface area contributed by atoms with Crippen molar-refractivity contribution in [3.05, 3.63) is 59.1 Å². The van der Waals surface area contributed by atoms with E-state index in [9.17, 15) is 26.8 Å². The fraction of sp³-hybridized carbons (Fsp3) is 0.263. The Morgan fingerprint density at radius 1 is 1.17 bits per heavy atom. The van der Waals surface area contributed by atoms with Crippen LogP contribution in [0.2, 0.25) is 5.02 Å². The number of hydrogen-bond acceptors (Lipinski definition) is 5. The number of ether oxygens (including phenoxy) is 1. The fourth-order valence-corrected chi connectivity index (χ4v) is 4.79. The third-order valence-electron chi connectivity index (χ3n) is 4.44. The predicted octanol–water partition coefficient (Wildman–Crippen LogP) is 2.95. The number of rotatable bonds is 6. The molecule has 1 heterocycles. The van der Waals surface area contributed by atoms with Crippen LogP contribution in [0.3, 0.4) is 0 Å². The molecule has 1 atom stereocenters. The Morgan fingerprint density at radius 3 is 2.57 bits per heavy atom. The van der Waals surface area contributed by atoms with Gasteiger partial charge in [0.25, 0.3) is 5.91 Å². The van der Waals surface area contributed by atoms with Gasteiger partial charge in [-0.1, -0.05) is 11.6 Å². The minimum atomic E-state index is -3.97. The van der Waals surface area contributed by atoms with Crippen LogP contribution >= 0.6 is 11.6 Å². The summed E-state index contributed by atoms with van der Waals surface area (Å²) in [5, 5.41) is 2.46. The van der Waals surface area contributed by atoms with Gasteiger partial charge < -0.3 is 10.1 Å². The number of nitrogens with one attached hydrogen (secondary N) is 1. The molecule has 1 unspecified atom stereocenters. The largest absolute Gasteiger partial charge is 0.454 e. The van der Waals surface area contributed by atoms with E-state index < -0.39 is 51.9 Å². The molecule has 1 saturated heterocycles. The van der Waals surface area contributed by atoms with Crippen molar-refractivity contribution >= 4 is 39.2 Å². The summed E-state index contributed by atoms with van der Waals surface area (Å²) in [6, 6.07) is 6.94. The van der Waals surface area contributed by atoms with Crippen molar-refractivity contribution in [2.24, 2.45) is 0 Å². The Bertz CT molecular complexity index is 1060. The van der Waals surface area contributed by atoms with Gasteiger partial charge in [-0.25, -0.2) is 17.2 Å². The molecule has 0 aliphatic carbocycles. The van der Waals surface area contributed by atoms with Gasteiger partial charge in [0.15, 0.2) is 6.61 Å². The maximum absolute atomic E-state index is 13.6. The number of benzene rings is 2. The molecule has 11 heteroatoms. The molecule has 1 aliphatic heterocycles. The van der Waals surface area contributed by atoms with Crippen LogP contribution < -0.4 is 5.32 Å². The molecular weight excluding hydrogens is 442 g/mol. The average molecular weight is 459 g/mol. The fourth-order valence-electron chi connectivity index (χ4n) is 3.02. The Balaban J connectivity index is 1.63. The number of sulfonamides is 1. The third-order valence-corrected chi connectivity index (χ3v) is 6.62. The van der Waals surface area contributed by atoms with Crippen LogP contribution in [0.4, 0.5) is 14.5 Å². The zero-order valence-electron chi connectivity index (χ0n) is 15.5. The zero-order valence-corrected chi connectivity index (χ0v) is 17.1. The highest BCUT2D eigenvalue weighted by atomic mass is 35.5. The number of hydrogen-bond donors (Lipinski definition) is 1. The number of esters is 1. The molecule has 0 aromatic heterocycles. The number of anilines is 1. The van der Waals surface area contributed by atoms with Crippen molar-refractivity contribution in [3.63, 3.8) is 0 Å². The SMILES string of the molecule is O=C(COC(=O)C1CCCN1S(=O)(=O)c1ccc(Cl)cc1)Nc1cc(F)ccc1F. The highest BCUT2D eigenvalue weighted by molar-refractivity contribution is 7.89. The number of nitrogens with zero attached hydrogens (tertiary/aromatic N) is 1. The van der Waals surface area contributed by atoms with E-state index in [1.165, 1.54) is 24.3 Å². The van der Waals surface area contributed by atoms with E-state index in [2.05, 4.69) is 5.32 Å². The van der Waals surface area contributed by atoms with Crippen LogP contribution in [0.5, 0.6) is 0 Å². The van der Waals surface area contributed by atoms with E-state index in [1.807, 2.05) is 0 Å². The van der Waals surface area contributed by atoms with Gasteiger partial charge in [0.2, 0.25) is 10.0 Å². The van der Waals surface area contributed by atoms with Gasteiger partial charge in [0.05, 0.1) is 10.6 Å². The van der Waals surface area contributed by atoms with Gasteiger partial charge in [-0.3, -0.25) is 9.59 Å². The molecule has 0 spiro atoms. The van der Waals surface area contributed by atoms with Crippen LogP contribution in [0.25, 0.3) is 0 Å². The molecule has 3 rings (SSSR count). The first-order valence-electron chi connectivity index (χ1n) is 8.87. The molecule has 30 heavy (non-hydrogen) atoms. The maximum atomic E-state index is 13.6. The van der Waals surface area contributed by atoms with Crippen molar-refractivity contribution in [2.45, 2.75) is 23.8 Å². The highest BCUT2D eigenvalue weighted by Crippen LogP contribution is 2.27. The first kappa shape index (κ1) is 22.1. The Morgan fingerprint density at radius 2 is 1.87 bits per heavy atom.